The van der Waals surface area contributed by atoms with Crippen molar-refractivity contribution in [2.24, 2.45) is 5.92 Å². The fraction of sp³-hybridized carbons (Fsp3) is 0.643. The highest BCUT2D eigenvalue weighted by atomic mass is 15.1. The van der Waals surface area contributed by atoms with Gasteiger partial charge in [0.25, 0.3) is 0 Å². The fourth-order valence-corrected chi connectivity index (χ4v) is 2.36. The Morgan fingerprint density at radius 1 is 1.41 bits per heavy atom. The van der Waals surface area contributed by atoms with Crippen LogP contribution in [-0.2, 0) is 6.54 Å². The molecule has 2 heterocycles. The number of piperidine rings is 1. The molecule has 0 radical (unpaired) electrons. The summed E-state index contributed by atoms with van der Waals surface area (Å²) in [6.07, 6.45) is 6.51. The maximum atomic E-state index is 4.28. The Balaban J connectivity index is 2.08. The van der Waals surface area contributed by atoms with E-state index in [1.807, 2.05) is 12.4 Å². The SMILES string of the molecule is CCNCc1ccncc1N1CCC(C)CC1. The fourth-order valence-electron chi connectivity index (χ4n) is 2.36. The van der Waals surface area contributed by atoms with Crippen molar-refractivity contribution in [1.29, 1.82) is 0 Å². The summed E-state index contributed by atoms with van der Waals surface area (Å²) >= 11 is 0. The van der Waals surface area contributed by atoms with Crippen LogP contribution in [-0.4, -0.2) is 24.6 Å². The molecule has 0 aromatic carbocycles. The molecular weight excluding hydrogens is 210 g/mol. The molecule has 0 saturated carbocycles. The highest BCUT2D eigenvalue weighted by Crippen LogP contribution is 2.25. The van der Waals surface area contributed by atoms with Crippen LogP contribution in [0.5, 0.6) is 0 Å². The standard InChI is InChI=1S/C14H23N3/c1-3-15-10-13-4-7-16-11-14(13)17-8-5-12(2)6-9-17/h4,7,11-12,15H,3,5-6,8-10H2,1-2H3. The van der Waals surface area contributed by atoms with E-state index < -0.39 is 0 Å². The lowest BCUT2D eigenvalue weighted by Gasteiger charge is -2.33. The molecule has 94 valence electrons. The number of aromatic nitrogens is 1. The Kier molecular flexibility index (Phi) is 4.37. The van der Waals surface area contributed by atoms with Gasteiger partial charge in [0.05, 0.1) is 11.9 Å². The summed E-state index contributed by atoms with van der Waals surface area (Å²) in [4.78, 5) is 6.76. The van der Waals surface area contributed by atoms with Gasteiger partial charge in [-0.05, 0) is 36.9 Å². The van der Waals surface area contributed by atoms with Gasteiger partial charge in [0.1, 0.15) is 0 Å². The molecular formula is C14H23N3. The second-order valence-electron chi connectivity index (χ2n) is 4.95. The molecule has 1 aliphatic rings. The van der Waals surface area contributed by atoms with Crippen LogP contribution in [0.4, 0.5) is 5.69 Å². The Hall–Kier alpha value is -1.09. The third-order valence-corrected chi connectivity index (χ3v) is 3.58. The topological polar surface area (TPSA) is 28.2 Å². The van der Waals surface area contributed by atoms with Crippen LogP contribution >= 0.6 is 0 Å². The molecule has 0 atom stereocenters. The predicted octanol–water partition coefficient (Wildman–Crippen LogP) is 2.43. The van der Waals surface area contributed by atoms with Crippen LogP contribution < -0.4 is 10.2 Å². The lowest BCUT2D eigenvalue weighted by atomic mass is 9.98. The first-order valence-corrected chi connectivity index (χ1v) is 6.69. The normalized spacial score (nSPS) is 17.4. The van der Waals surface area contributed by atoms with Gasteiger partial charge in [-0.25, -0.2) is 0 Å². The van der Waals surface area contributed by atoms with Crippen LogP contribution in [0.15, 0.2) is 18.5 Å². The van der Waals surface area contributed by atoms with Crippen molar-refractivity contribution in [2.75, 3.05) is 24.5 Å². The number of anilines is 1. The molecule has 1 fully saturated rings. The molecule has 1 saturated heterocycles. The van der Waals surface area contributed by atoms with Gasteiger partial charge in [0.2, 0.25) is 0 Å². The highest BCUT2D eigenvalue weighted by molar-refractivity contribution is 5.51. The minimum atomic E-state index is 0.875. The van der Waals surface area contributed by atoms with Gasteiger partial charge < -0.3 is 10.2 Å². The minimum Gasteiger partial charge on any atom is -0.370 e. The Morgan fingerprint density at radius 2 is 2.18 bits per heavy atom. The molecule has 1 aromatic heterocycles. The van der Waals surface area contributed by atoms with Gasteiger partial charge in [0, 0.05) is 25.8 Å². The average Bonchev–Trinajstić information content (AvgIpc) is 2.38. The Labute approximate surface area is 104 Å². The molecule has 0 bridgehead atoms. The molecule has 0 aliphatic carbocycles. The van der Waals surface area contributed by atoms with E-state index in [0.717, 1.165) is 19.0 Å². The number of nitrogens with one attached hydrogen (secondary N) is 1. The second-order valence-corrected chi connectivity index (χ2v) is 4.95. The molecule has 1 N–H and O–H groups in total. The Morgan fingerprint density at radius 3 is 2.88 bits per heavy atom. The van der Waals surface area contributed by atoms with E-state index in [1.54, 1.807) is 0 Å². The zero-order valence-electron chi connectivity index (χ0n) is 10.9. The van der Waals surface area contributed by atoms with Crippen molar-refractivity contribution in [3.8, 4) is 0 Å². The summed E-state index contributed by atoms with van der Waals surface area (Å²) in [7, 11) is 0. The van der Waals surface area contributed by atoms with E-state index in [0.29, 0.717) is 0 Å². The van der Waals surface area contributed by atoms with Gasteiger partial charge in [-0.3, -0.25) is 4.98 Å². The third kappa shape index (κ3) is 3.19. The van der Waals surface area contributed by atoms with Crippen LogP contribution in [0.25, 0.3) is 0 Å². The van der Waals surface area contributed by atoms with Crippen LogP contribution in [0.2, 0.25) is 0 Å². The predicted molar refractivity (Wildman–Crippen MR) is 72.2 cm³/mol. The van der Waals surface area contributed by atoms with Crippen molar-refractivity contribution in [1.82, 2.24) is 10.3 Å². The van der Waals surface area contributed by atoms with Crippen LogP contribution in [0, 0.1) is 5.92 Å². The van der Waals surface area contributed by atoms with Crippen molar-refractivity contribution in [2.45, 2.75) is 33.2 Å². The average molecular weight is 233 g/mol. The molecule has 3 heteroatoms. The third-order valence-electron chi connectivity index (χ3n) is 3.58. The monoisotopic (exact) mass is 233 g/mol. The van der Waals surface area contributed by atoms with E-state index in [4.69, 9.17) is 0 Å². The van der Waals surface area contributed by atoms with Gasteiger partial charge in [-0.1, -0.05) is 13.8 Å². The number of pyridine rings is 1. The molecule has 17 heavy (non-hydrogen) atoms. The van der Waals surface area contributed by atoms with E-state index >= 15 is 0 Å². The van der Waals surface area contributed by atoms with Gasteiger partial charge in [-0.2, -0.15) is 0 Å². The zero-order valence-corrected chi connectivity index (χ0v) is 10.9. The van der Waals surface area contributed by atoms with E-state index in [2.05, 4.69) is 35.1 Å². The number of hydrogen-bond donors (Lipinski definition) is 1. The summed E-state index contributed by atoms with van der Waals surface area (Å²) in [5.74, 6) is 0.875. The molecule has 2 rings (SSSR count). The lowest BCUT2D eigenvalue weighted by Crippen LogP contribution is -2.34. The smallest absolute Gasteiger partial charge is 0.0598 e. The summed E-state index contributed by atoms with van der Waals surface area (Å²) in [5.41, 5.74) is 2.69. The van der Waals surface area contributed by atoms with Crippen molar-refractivity contribution in [3.05, 3.63) is 24.0 Å². The van der Waals surface area contributed by atoms with Crippen molar-refractivity contribution in [3.63, 3.8) is 0 Å². The second kappa shape index (κ2) is 6.01. The lowest BCUT2D eigenvalue weighted by molar-refractivity contribution is 0.437. The summed E-state index contributed by atoms with van der Waals surface area (Å²) < 4.78 is 0. The first-order chi connectivity index (χ1) is 8.31. The summed E-state index contributed by atoms with van der Waals surface area (Å²) in [6, 6.07) is 2.13. The van der Waals surface area contributed by atoms with Gasteiger partial charge in [-0.15, -0.1) is 0 Å². The highest BCUT2D eigenvalue weighted by Gasteiger charge is 2.18. The zero-order chi connectivity index (χ0) is 12.1. The summed E-state index contributed by atoms with van der Waals surface area (Å²) in [5, 5.41) is 3.40. The van der Waals surface area contributed by atoms with Crippen molar-refractivity contribution < 1.29 is 0 Å². The summed E-state index contributed by atoms with van der Waals surface area (Å²) in [6.45, 7) is 8.79. The van der Waals surface area contributed by atoms with E-state index in [-0.39, 0.29) is 0 Å². The van der Waals surface area contributed by atoms with Crippen LogP contribution in [0.3, 0.4) is 0 Å². The Bertz CT molecular complexity index is 343. The van der Waals surface area contributed by atoms with Crippen molar-refractivity contribution >= 4 is 5.69 Å². The molecule has 3 nitrogen and oxygen atoms in total. The number of nitrogens with zero attached hydrogens (tertiary/aromatic N) is 2. The van der Waals surface area contributed by atoms with E-state index in [1.165, 1.54) is 37.2 Å². The number of hydrogen-bond acceptors (Lipinski definition) is 3. The maximum absolute atomic E-state index is 4.28. The molecule has 0 spiro atoms. The minimum absolute atomic E-state index is 0.875. The molecule has 0 amide bonds. The van der Waals surface area contributed by atoms with Crippen LogP contribution in [0.1, 0.15) is 32.3 Å². The first-order valence-electron chi connectivity index (χ1n) is 6.69. The number of rotatable bonds is 4. The van der Waals surface area contributed by atoms with Gasteiger partial charge in [0.15, 0.2) is 0 Å². The largest absolute Gasteiger partial charge is 0.370 e. The molecule has 1 aromatic rings. The molecule has 1 aliphatic heterocycles. The van der Waals surface area contributed by atoms with Gasteiger partial charge >= 0.3 is 0 Å². The molecule has 0 unspecified atom stereocenters. The van der Waals surface area contributed by atoms with E-state index in [9.17, 15) is 0 Å². The first kappa shape index (κ1) is 12.4. The maximum Gasteiger partial charge on any atom is 0.0598 e. The quantitative estimate of drug-likeness (QED) is 0.865.